The topological polar surface area (TPSA) is 93.3 Å². The number of fused-ring (bicyclic) bond motifs is 1. The van der Waals surface area contributed by atoms with Crippen LogP contribution in [0.2, 0.25) is 0 Å². The summed E-state index contributed by atoms with van der Waals surface area (Å²) in [6.45, 7) is 2.42. The van der Waals surface area contributed by atoms with Crippen molar-refractivity contribution in [1.29, 1.82) is 0 Å². The number of aromatic nitrogens is 1. The number of nitrogens with two attached hydrogens (primary N) is 1. The molecule has 10 heteroatoms. The summed E-state index contributed by atoms with van der Waals surface area (Å²) < 4.78 is 35.9. The molecule has 3 aliphatic heterocycles. The molecule has 0 unspecified atom stereocenters. The lowest BCUT2D eigenvalue weighted by Crippen LogP contribution is -2.57. The van der Waals surface area contributed by atoms with Crippen LogP contribution in [0.3, 0.4) is 0 Å². The molecule has 2 N–H and O–H groups in total. The highest BCUT2D eigenvalue weighted by atomic mass is 19.1. The summed E-state index contributed by atoms with van der Waals surface area (Å²) in [5.41, 5.74) is 5.52. The van der Waals surface area contributed by atoms with Crippen molar-refractivity contribution in [2.75, 3.05) is 39.0 Å². The smallest absolute Gasteiger partial charge is 0.260 e. The van der Waals surface area contributed by atoms with Gasteiger partial charge in [-0.2, -0.15) is 0 Å². The first kappa shape index (κ1) is 24.4. The zero-order valence-corrected chi connectivity index (χ0v) is 20.4. The van der Waals surface area contributed by atoms with Crippen LogP contribution in [-0.2, 0) is 16.2 Å². The molecule has 36 heavy (non-hydrogen) atoms. The Hall–Kier alpha value is -3.27. The maximum absolute atomic E-state index is 15.8. The number of amides is 1. The Kier molecular flexibility index (Phi) is 6.55. The van der Waals surface area contributed by atoms with E-state index in [0.717, 1.165) is 5.56 Å². The lowest BCUT2D eigenvalue weighted by atomic mass is 9.81. The molecule has 1 amide bonds. The molecule has 2 fully saturated rings. The van der Waals surface area contributed by atoms with E-state index < -0.39 is 17.2 Å². The fraction of sp³-hybridized carbons (Fsp3) is 0.500. The number of nitrogen functional groups attached to an aromatic ring is 1. The Balaban J connectivity index is 1.20. The lowest BCUT2D eigenvalue weighted by Gasteiger charge is -2.46. The van der Waals surface area contributed by atoms with E-state index in [-0.39, 0.29) is 18.7 Å². The second-order valence-corrected chi connectivity index (χ2v) is 9.95. The van der Waals surface area contributed by atoms with Crippen LogP contribution in [-0.4, -0.2) is 71.0 Å². The number of anilines is 1. The highest BCUT2D eigenvalue weighted by Crippen LogP contribution is 2.41. The van der Waals surface area contributed by atoms with Crippen molar-refractivity contribution in [2.24, 2.45) is 5.16 Å². The van der Waals surface area contributed by atoms with E-state index >= 15 is 4.39 Å². The first-order valence-corrected chi connectivity index (χ1v) is 12.3. The number of hydrogen-bond acceptors (Lipinski definition) is 7. The number of rotatable bonds is 4. The Morgan fingerprint density at radius 2 is 1.92 bits per heavy atom. The fourth-order valence-electron chi connectivity index (χ4n) is 5.49. The first-order valence-electron chi connectivity index (χ1n) is 12.3. The van der Waals surface area contributed by atoms with Gasteiger partial charge in [0, 0.05) is 76.6 Å². The number of alkyl halides is 1. The van der Waals surface area contributed by atoms with E-state index in [0.29, 0.717) is 74.8 Å². The van der Waals surface area contributed by atoms with E-state index in [9.17, 15) is 9.18 Å². The number of oxime groups is 1. The molecular weight excluding hydrogens is 468 g/mol. The van der Waals surface area contributed by atoms with Crippen molar-refractivity contribution in [1.82, 2.24) is 14.8 Å². The highest BCUT2D eigenvalue weighted by Gasteiger charge is 2.48. The van der Waals surface area contributed by atoms with Crippen LogP contribution in [0.1, 0.15) is 43.2 Å². The van der Waals surface area contributed by atoms with Gasteiger partial charge in [-0.25, -0.2) is 13.8 Å². The van der Waals surface area contributed by atoms with Crippen molar-refractivity contribution < 1.29 is 23.1 Å². The Morgan fingerprint density at radius 1 is 1.17 bits per heavy atom. The van der Waals surface area contributed by atoms with Crippen LogP contribution >= 0.6 is 0 Å². The van der Waals surface area contributed by atoms with Crippen molar-refractivity contribution in [3.8, 4) is 5.75 Å². The molecule has 5 rings (SSSR count). The standard InChI is InChI=1S/C26H31F2N5O3/c1-35-31-21-16-25(36-22-3-2-19(27)15-20(21)22)5-12-33(13-6-25)24(34)26(28)7-10-32(11-8-26)17-18-4-9-30-23(29)14-18/h2-4,9,14-15H,5-8,10-13,16-17H2,1H3,(H2,29,30)/b31-21+. The first-order chi connectivity index (χ1) is 17.3. The van der Waals surface area contributed by atoms with Crippen molar-refractivity contribution in [3.63, 3.8) is 0 Å². The van der Waals surface area contributed by atoms with Crippen LogP contribution in [0.25, 0.3) is 0 Å². The number of carbonyl (C=O) groups is 1. The van der Waals surface area contributed by atoms with Crippen LogP contribution in [0.4, 0.5) is 14.6 Å². The molecule has 0 radical (unpaired) electrons. The molecule has 1 aromatic carbocycles. The monoisotopic (exact) mass is 499 g/mol. The second kappa shape index (κ2) is 9.65. The molecule has 2 aromatic rings. The average Bonchev–Trinajstić information content (AvgIpc) is 2.86. The molecule has 0 aliphatic carbocycles. The van der Waals surface area contributed by atoms with Gasteiger partial charge in [-0.15, -0.1) is 0 Å². The van der Waals surface area contributed by atoms with Crippen LogP contribution in [0, 0.1) is 5.82 Å². The lowest BCUT2D eigenvalue weighted by molar-refractivity contribution is -0.151. The van der Waals surface area contributed by atoms with E-state index in [1.54, 1.807) is 17.2 Å². The molecule has 8 nitrogen and oxygen atoms in total. The minimum absolute atomic E-state index is 0.161. The second-order valence-electron chi connectivity index (χ2n) is 9.95. The van der Waals surface area contributed by atoms with E-state index in [2.05, 4.69) is 15.0 Å². The van der Waals surface area contributed by atoms with Gasteiger partial charge in [-0.3, -0.25) is 9.69 Å². The third-order valence-electron chi connectivity index (χ3n) is 7.52. The molecule has 4 heterocycles. The number of halogens is 2. The van der Waals surface area contributed by atoms with Gasteiger partial charge in [-0.1, -0.05) is 5.16 Å². The summed E-state index contributed by atoms with van der Waals surface area (Å²) in [5.74, 6) is 0.194. The minimum atomic E-state index is -1.86. The maximum atomic E-state index is 15.8. The Morgan fingerprint density at radius 3 is 2.61 bits per heavy atom. The molecule has 0 saturated carbocycles. The third-order valence-corrected chi connectivity index (χ3v) is 7.52. The van der Waals surface area contributed by atoms with Gasteiger partial charge in [0.05, 0.1) is 5.71 Å². The number of hydrogen-bond donors (Lipinski definition) is 1. The number of benzene rings is 1. The highest BCUT2D eigenvalue weighted by molar-refractivity contribution is 6.04. The number of piperidine rings is 2. The Bertz CT molecular complexity index is 1160. The molecule has 1 spiro atoms. The van der Waals surface area contributed by atoms with E-state index in [1.807, 2.05) is 12.1 Å². The number of pyridine rings is 1. The molecule has 1 aromatic heterocycles. The van der Waals surface area contributed by atoms with Gasteiger partial charge in [-0.05, 0) is 35.9 Å². The summed E-state index contributed by atoms with van der Waals surface area (Å²) in [5, 5.41) is 4.11. The summed E-state index contributed by atoms with van der Waals surface area (Å²) in [6, 6.07) is 8.05. The molecule has 3 aliphatic rings. The van der Waals surface area contributed by atoms with Crippen molar-refractivity contribution in [3.05, 3.63) is 53.5 Å². The number of carbonyl (C=O) groups excluding carboxylic acids is 1. The van der Waals surface area contributed by atoms with Crippen LogP contribution in [0.15, 0.2) is 41.7 Å². The molecular formula is C26H31F2N5O3. The van der Waals surface area contributed by atoms with Crippen molar-refractivity contribution >= 4 is 17.4 Å². The predicted molar refractivity (Wildman–Crippen MR) is 131 cm³/mol. The normalized spacial score (nSPS) is 22.2. The molecule has 0 atom stereocenters. The van der Waals surface area contributed by atoms with Crippen LogP contribution in [0.5, 0.6) is 5.75 Å². The summed E-state index contributed by atoms with van der Waals surface area (Å²) in [7, 11) is 1.45. The summed E-state index contributed by atoms with van der Waals surface area (Å²) >= 11 is 0. The van der Waals surface area contributed by atoms with Gasteiger partial charge in [0.25, 0.3) is 5.91 Å². The van der Waals surface area contributed by atoms with E-state index in [4.69, 9.17) is 15.3 Å². The van der Waals surface area contributed by atoms with Gasteiger partial charge in [0.2, 0.25) is 0 Å². The maximum Gasteiger partial charge on any atom is 0.260 e. The van der Waals surface area contributed by atoms with Gasteiger partial charge in [0.1, 0.15) is 30.1 Å². The van der Waals surface area contributed by atoms with Crippen LogP contribution < -0.4 is 10.5 Å². The molecule has 192 valence electrons. The summed E-state index contributed by atoms with van der Waals surface area (Å²) in [4.78, 5) is 26.0. The quantitative estimate of drug-likeness (QED) is 0.649. The zero-order chi connectivity index (χ0) is 25.3. The average molecular weight is 500 g/mol. The van der Waals surface area contributed by atoms with E-state index in [1.165, 1.54) is 19.2 Å². The third kappa shape index (κ3) is 4.86. The zero-order valence-electron chi connectivity index (χ0n) is 20.4. The molecule has 0 bridgehead atoms. The van der Waals surface area contributed by atoms with Gasteiger partial charge < -0.3 is 20.2 Å². The SMILES string of the molecule is CO/N=C1\CC2(CCN(C(=O)C3(F)CCN(Cc4ccnc(N)c4)CC3)CC2)Oc2ccc(F)cc21. The Labute approximate surface area is 209 Å². The largest absolute Gasteiger partial charge is 0.486 e. The predicted octanol–water partition coefficient (Wildman–Crippen LogP) is 3.30. The van der Waals surface area contributed by atoms with Gasteiger partial charge in [0.15, 0.2) is 5.67 Å². The fourth-order valence-corrected chi connectivity index (χ4v) is 5.49. The number of nitrogens with zero attached hydrogens (tertiary/aromatic N) is 4. The number of ether oxygens (including phenoxy) is 1. The van der Waals surface area contributed by atoms with Crippen molar-refractivity contribution in [2.45, 2.75) is 49.9 Å². The minimum Gasteiger partial charge on any atom is -0.486 e. The van der Waals surface area contributed by atoms with Gasteiger partial charge >= 0.3 is 0 Å². The summed E-state index contributed by atoms with van der Waals surface area (Å²) in [6.07, 6.45) is 3.49. The number of likely N-dealkylation sites (tertiary alicyclic amines) is 2. The molecule has 2 saturated heterocycles.